The summed E-state index contributed by atoms with van der Waals surface area (Å²) in [5.74, 6) is -2.49. The topological polar surface area (TPSA) is 111 Å². The Morgan fingerprint density at radius 2 is 1.65 bits per heavy atom. The van der Waals surface area contributed by atoms with Crippen molar-refractivity contribution in [3.05, 3.63) is 83.4 Å². The fourth-order valence-corrected chi connectivity index (χ4v) is 3.37. The Hall–Kier alpha value is -4.18. The van der Waals surface area contributed by atoms with Crippen LogP contribution >= 0.6 is 0 Å². The number of fused-ring (bicyclic) bond motifs is 1. The molecule has 2 N–H and O–H groups in total. The van der Waals surface area contributed by atoms with Gasteiger partial charge in [-0.25, -0.2) is 9.69 Å². The zero-order chi connectivity index (χ0) is 22.4. The van der Waals surface area contributed by atoms with Crippen LogP contribution in [-0.4, -0.2) is 40.4 Å². The van der Waals surface area contributed by atoms with E-state index in [4.69, 9.17) is 0 Å². The Balaban J connectivity index is 1.92. The van der Waals surface area contributed by atoms with E-state index in [0.29, 0.717) is 0 Å². The average molecular weight is 415 g/mol. The van der Waals surface area contributed by atoms with Crippen LogP contribution in [-0.2, 0) is 11.2 Å². The van der Waals surface area contributed by atoms with Crippen LogP contribution in [0.3, 0.4) is 0 Å². The molecule has 0 bridgehead atoms. The van der Waals surface area contributed by atoms with E-state index in [-0.39, 0.29) is 24.1 Å². The van der Waals surface area contributed by atoms with Crippen molar-refractivity contribution in [1.29, 1.82) is 5.26 Å². The maximum Gasteiger partial charge on any atom is 0.336 e. The molecule has 7 nitrogen and oxygen atoms in total. The van der Waals surface area contributed by atoms with Crippen LogP contribution in [0.4, 0.5) is 0 Å². The zero-order valence-corrected chi connectivity index (χ0v) is 16.9. The van der Waals surface area contributed by atoms with Gasteiger partial charge >= 0.3 is 5.97 Å². The van der Waals surface area contributed by atoms with Crippen molar-refractivity contribution in [2.24, 2.45) is 0 Å². The van der Waals surface area contributed by atoms with Gasteiger partial charge in [-0.2, -0.15) is 5.26 Å². The van der Waals surface area contributed by atoms with Crippen LogP contribution in [0.1, 0.15) is 33.2 Å². The third kappa shape index (κ3) is 4.87. The molecular weight excluding hydrogens is 394 g/mol. The molecule has 1 atom stereocenters. The number of benzene rings is 3. The van der Waals surface area contributed by atoms with E-state index in [2.05, 4.69) is 5.32 Å². The first-order chi connectivity index (χ1) is 14.9. The lowest BCUT2D eigenvalue weighted by Gasteiger charge is -2.22. The third-order valence-corrected chi connectivity index (χ3v) is 4.96. The minimum atomic E-state index is -1.24. The fourth-order valence-electron chi connectivity index (χ4n) is 3.37. The summed E-state index contributed by atoms with van der Waals surface area (Å²) in [4.78, 5) is 38.2. The summed E-state index contributed by atoms with van der Waals surface area (Å²) in [6.07, 6.45) is 1.98. The number of carboxylic acid groups (broad SMARTS) is 1. The first kappa shape index (κ1) is 21.5. The number of amides is 2. The number of carbonyl (C=O) groups excluding carboxylic acids is 2. The lowest BCUT2D eigenvalue weighted by atomic mass is 10.00. The molecule has 0 aliphatic heterocycles. The van der Waals surface area contributed by atoms with Crippen molar-refractivity contribution < 1.29 is 19.5 Å². The lowest BCUT2D eigenvalue weighted by Crippen LogP contribution is -2.48. The van der Waals surface area contributed by atoms with Gasteiger partial charge in [-0.1, -0.05) is 54.6 Å². The van der Waals surface area contributed by atoms with Gasteiger partial charge in [0, 0.05) is 13.0 Å². The van der Waals surface area contributed by atoms with E-state index in [1.165, 1.54) is 18.2 Å². The van der Waals surface area contributed by atoms with Crippen LogP contribution in [0.5, 0.6) is 0 Å². The molecule has 31 heavy (non-hydrogen) atoms. The van der Waals surface area contributed by atoms with Crippen molar-refractivity contribution in [3.8, 4) is 6.19 Å². The van der Waals surface area contributed by atoms with Crippen LogP contribution in [0.2, 0.25) is 0 Å². The first-order valence-corrected chi connectivity index (χ1v) is 9.76. The molecule has 1 unspecified atom stereocenters. The number of hydrogen-bond acceptors (Lipinski definition) is 4. The quantitative estimate of drug-likeness (QED) is 0.455. The van der Waals surface area contributed by atoms with E-state index >= 15 is 0 Å². The van der Waals surface area contributed by atoms with E-state index in [0.717, 1.165) is 21.2 Å². The summed E-state index contributed by atoms with van der Waals surface area (Å²) in [6.45, 7) is 1.82. The highest BCUT2D eigenvalue weighted by atomic mass is 16.4. The van der Waals surface area contributed by atoms with E-state index in [1.54, 1.807) is 13.0 Å². The molecular formula is C24H21N3O4. The SMILES string of the molecule is CCN(C#N)C(=O)C(Cc1ccc2ccccc2c1)NC(=O)c1ccccc1C(=O)O. The summed E-state index contributed by atoms with van der Waals surface area (Å²) in [5, 5.41) is 23.3. The molecule has 3 rings (SSSR count). The second-order valence-electron chi connectivity index (χ2n) is 6.94. The van der Waals surface area contributed by atoms with Crippen molar-refractivity contribution in [2.45, 2.75) is 19.4 Å². The predicted octanol–water partition coefficient (Wildman–Crippen LogP) is 3.21. The Labute approximate surface area is 179 Å². The number of nitrogens with zero attached hydrogens (tertiary/aromatic N) is 2. The van der Waals surface area contributed by atoms with Gasteiger partial charge in [0.2, 0.25) is 0 Å². The van der Waals surface area contributed by atoms with Gasteiger partial charge in [0.1, 0.15) is 6.04 Å². The summed E-state index contributed by atoms with van der Waals surface area (Å²) < 4.78 is 0. The minimum Gasteiger partial charge on any atom is -0.478 e. The second kappa shape index (κ2) is 9.55. The Morgan fingerprint density at radius 3 is 2.29 bits per heavy atom. The van der Waals surface area contributed by atoms with Gasteiger partial charge in [-0.3, -0.25) is 9.59 Å². The summed E-state index contributed by atoms with van der Waals surface area (Å²) in [5.41, 5.74) is 0.591. The largest absolute Gasteiger partial charge is 0.478 e. The number of aromatic carboxylic acids is 1. The average Bonchev–Trinajstić information content (AvgIpc) is 2.79. The molecule has 0 aromatic heterocycles. The molecule has 7 heteroatoms. The number of likely N-dealkylation sites (N-methyl/N-ethyl adjacent to an activating group) is 1. The third-order valence-electron chi connectivity index (χ3n) is 4.96. The van der Waals surface area contributed by atoms with E-state index in [9.17, 15) is 24.8 Å². The molecule has 3 aromatic carbocycles. The van der Waals surface area contributed by atoms with Crippen LogP contribution in [0.25, 0.3) is 10.8 Å². The van der Waals surface area contributed by atoms with Gasteiger partial charge in [0.05, 0.1) is 11.1 Å². The summed E-state index contributed by atoms with van der Waals surface area (Å²) >= 11 is 0. The Morgan fingerprint density at radius 1 is 1.00 bits per heavy atom. The molecule has 0 fully saturated rings. The highest BCUT2D eigenvalue weighted by Gasteiger charge is 2.27. The molecule has 0 radical (unpaired) electrons. The number of rotatable bonds is 7. The molecule has 0 aliphatic carbocycles. The summed E-state index contributed by atoms with van der Waals surface area (Å²) in [6, 6.07) is 18.2. The van der Waals surface area contributed by atoms with Crippen LogP contribution in [0.15, 0.2) is 66.7 Å². The number of nitrogens with one attached hydrogen (secondary N) is 1. The summed E-state index contributed by atoms with van der Waals surface area (Å²) in [7, 11) is 0. The zero-order valence-electron chi connectivity index (χ0n) is 16.9. The van der Waals surface area contributed by atoms with Gasteiger partial charge in [0.15, 0.2) is 6.19 Å². The molecule has 0 saturated carbocycles. The van der Waals surface area contributed by atoms with Crippen LogP contribution in [0, 0.1) is 11.5 Å². The minimum absolute atomic E-state index is 0.0497. The predicted molar refractivity (Wildman–Crippen MR) is 115 cm³/mol. The number of carboxylic acids is 1. The molecule has 0 aliphatic rings. The highest BCUT2D eigenvalue weighted by molar-refractivity contribution is 6.06. The molecule has 0 heterocycles. The molecule has 0 spiro atoms. The van der Waals surface area contributed by atoms with Crippen molar-refractivity contribution in [2.75, 3.05) is 6.54 Å². The standard InChI is InChI=1S/C24H21N3O4/c1-2-27(15-25)23(29)21(14-16-11-12-17-7-3-4-8-18(17)13-16)26-22(28)19-9-5-6-10-20(19)24(30)31/h3-13,21H,2,14H2,1H3,(H,26,28)(H,30,31). The second-order valence-corrected chi connectivity index (χ2v) is 6.94. The van der Waals surface area contributed by atoms with Gasteiger partial charge in [0.25, 0.3) is 11.8 Å². The Bertz CT molecular complexity index is 1180. The molecule has 3 aromatic rings. The number of nitriles is 1. The number of hydrogen-bond donors (Lipinski definition) is 2. The van der Waals surface area contributed by atoms with Gasteiger partial charge in [-0.05, 0) is 35.4 Å². The van der Waals surface area contributed by atoms with Crippen molar-refractivity contribution in [1.82, 2.24) is 10.2 Å². The van der Waals surface area contributed by atoms with E-state index in [1.807, 2.05) is 48.7 Å². The smallest absolute Gasteiger partial charge is 0.336 e. The van der Waals surface area contributed by atoms with Gasteiger partial charge in [-0.15, -0.1) is 0 Å². The normalized spacial score (nSPS) is 11.4. The maximum atomic E-state index is 12.9. The van der Waals surface area contributed by atoms with Crippen LogP contribution < -0.4 is 5.32 Å². The van der Waals surface area contributed by atoms with Crippen molar-refractivity contribution >= 4 is 28.6 Å². The molecule has 2 amide bonds. The van der Waals surface area contributed by atoms with Crippen molar-refractivity contribution in [3.63, 3.8) is 0 Å². The van der Waals surface area contributed by atoms with Gasteiger partial charge < -0.3 is 10.4 Å². The first-order valence-electron chi connectivity index (χ1n) is 9.76. The monoisotopic (exact) mass is 415 g/mol. The lowest BCUT2D eigenvalue weighted by molar-refractivity contribution is -0.130. The highest BCUT2D eigenvalue weighted by Crippen LogP contribution is 2.18. The van der Waals surface area contributed by atoms with E-state index < -0.39 is 23.8 Å². The Kier molecular flexibility index (Phi) is 6.63. The maximum absolute atomic E-state index is 12.9. The molecule has 156 valence electrons. The molecule has 0 saturated heterocycles. The fraction of sp³-hybridized carbons (Fsp3) is 0.167. The number of carbonyl (C=O) groups is 3.